The Balaban J connectivity index is 1.86. The molecule has 1 unspecified atom stereocenters. The third-order valence-electron chi connectivity index (χ3n) is 4.11. The maximum absolute atomic E-state index is 12.3. The average molecular weight is 315 g/mol. The van der Waals surface area contributed by atoms with Gasteiger partial charge in [0.05, 0.1) is 11.7 Å². The summed E-state index contributed by atoms with van der Waals surface area (Å²) in [4.78, 5) is 13.5. The third-order valence-corrected chi connectivity index (χ3v) is 5.19. The van der Waals surface area contributed by atoms with E-state index in [9.17, 15) is 4.79 Å². The molecule has 0 radical (unpaired) electrons. The lowest BCUT2D eigenvalue weighted by molar-refractivity contribution is 0.0378. The molecule has 116 valence electrons. The van der Waals surface area contributed by atoms with Gasteiger partial charge >= 0.3 is 5.97 Å². The number of nitrogens with two attached hydrogens (primary N) is 1. The molecule has 1 aliphatic rings. The zero-order valence-electron chi connectivity index (χ0n) is 13.0. The summed E-state index contributed by atoms with van der Waals surface area (Å²) in [6, 6.07) is 10.6. The van der Waals surface area contributed by atoms with Gasteiger partial charge in [0, 0.05) is 4.88 Å². The molecule has 0 aliphatic heterocycles. The molecule has 2 aromatic rings. The first-order valence-electron chi connectivity index (χ1n) is 7.72. The Morgan fingerprint density at radius 3 is 2.73 bits per heavy atom. The number of fused-ring (bicyclic) bond motifs is 1. The fourth-order valence-corrected chi connectivity index (χ4v) is 4.30. The number of hydrogen-bond acceptors (Lipinski definition) is 4. The molecule has 3 rings (SSSR count). The molecule has 3 nitrogen and oxygen atoms in total. The number of carbonyl (C=O) groups excluding carboxylic acids is 1. The van der Waals surface area contributed by atoms with Crippen molar-refractivity contribution in [1.82, 2.24) is 0 Å². The molecule has 0 spiro atoms. The number of hydrogen-bond donors (Lipinski definition) is 1. The van der Waals surface area contributed by atoms with Crippen molar-refractivity contribution in [2.45, 2.75) is 45.1 Å². The van der Waals surface area contributed by atoms with Crippen LogP contribution in [0.5, 0.6) is 0 Å². The predicted octanol–water partition coefficient (Wildman–Crippen LogP) is 4.17. The first kappa shape index (κ1) is 15.1. The summed E-state index contributed by atoms with van der Waals surface area (Å²) in [5.74, 6) is 0.240. The minimum Gasteiger partial charge on any atom is -0.459 e. The van der Waals surface area contributed by atoms with Crippen molar-refractivity contribution in [2.24, 2.45) is 0 Å². The number of thiophene rings is 1. The van der Waals surface area contributed by atoms with E-state index < -0.39 is 0 Å². The molecule has 1 heterocycles. The molecule has 2 N–H and O–H groups in total. The van der Waals surface area contributed by atoms with E-state index in [4.69, 9.17) is 10.5 Å². The zero-order valence-corrected chi connectivity index (χ0v) is 13.8. The number of rotatable bonds is 3. The Kier molecular flexibility index (Phi) is 4.21. The van der Waals surface area contributed by atoms with Gasteiger partial charge in [-0.05, 0) is 50.2 Å². The van der Waals surface area contributed by atoms with Gasteiger partial charge in [-0.25, -0.2) is 4.79 Å². The summed E-state index contributed by atoms with van der Waals surface area (Å²) in [5, 5.41) is 0.601. The van der Waals surface area contributed by atoms with E-state index >= 15 is 0 Å². The highest BCUT2D eigenvalue weighted by atomic mass is 32.1. The van der Waals surface area contributed by atoms with Gasteiger partial charge < -0.3 is 10.5 Å². The second kappa shape index (κ2) is 6.13. The van der Waals surface area contributed by atoms with Crippen LogP contribution in [-0.2, 0) is 17.6 Å². The van der Waals surface area contributed by atoms with Crippen LogP contribution in [0.25, 0.3) is 0 Å². The van der Waals surface area contributed by atoms with E-state index in [0.29, 0.717) is 16.5 Å². The van der Waals surface area contributed by atoms with Crippen molar-refractivity contribution in [1.29, 1.82) is 0 Å². The quantitative estimate of drug-likeness (QED) is 0.865. The SMILES string of the molecule is CC(C)OC(=O)c1c(N)sc2c1CCC(c1ccccc1)C2. The molecule has 1 aromatic heterocycles. The minimum atomic E-state index is -0.275. The van der Waals surface area contributed by atoms with Crippen molar-refractivity contribution in [3.8, 4) is 0 Å². The van der Waals surface area contributed by atoms with Crippen LogP contribution in [-0.4, -0.2) is 12.1 Å². The van der Waals surface area contributed by atoms with Crippen LogP contribution in [0.1, 0.15) is 52.5 Å². The lowest BCUT2D eigenvalue weighted by Crippen LogP contribution is -2.17. The molecule has 1 atom stereocenters. The monoisotopic (exact) mass is 315 g/mol. The molecule has 0 bridgehead atoms. The number of nitrogen functional groups attached to an aromatic ring is 1. The normalized spacial score (nSPS) is 17.3. The maximum atomic E-state index is 12.3. The van der Waals surface area contributed by atoms with Gasteiger partial charge in [-0.15, -0.1) is 11.3 Å². The average Bonchev–Trinajstić information content (AvgIpc) is 2.82. The highest BCUT2D eigenvalue weighted by Crippen LogP contribution is 2.41. The van der Waals surface area contributed by atoms with Gasteiger partial charge in [0.1, 0.15) is 5.00 Å². The number of anilines is 1. The van der Waals surface area contributed by atoms with Gasteiger partial charge in [0.25, 0.3) is 0 Å². The fraction of sp³-hybridized carbons (Fsp3) is 0.389. The predicted molar refractivity (Wildman–Crippen MR) is 90.5 cm³/mol. The molecule has 4 heteroatoms. The van der Waals surface area contributed by atoms with Crippen molar-refractivity contribution in [3.05, 3.63) is 51.9 Å². The number of ether oxygens (including phenoxy) is 1. The van der Waals surface area contributed by atoms with Crippen LogP contribution >= 0.6 is 11.3 Å². The van der Waals surface area contributed by atoms with Gasteiger partial charge in [-0.2, -0.15) is 0 Å². The molecular weight excluding hydrogens is 294 g/mol. The molecule has 0 saturated heterocycles. The third kappa shape index (κ3) is 2.88. The zero-order chi connectivity index (χ0) is 15.7. The second-order valence-electron chi connectivity index (χ2n) is 6.05. The van der Waals surface area contributed by atoms with Gasteiger partial charge in [0.2, 0.25) is 0 Å². The number of esters is 1. The van der Waals surface area contributed by atoms with E-state index in [-0.39, 0.29) is 12.1 Å². The van der Waals surface area contributed by atoms with E-state index in [1.54, 1.807) is 11.3 Å². The first-order chi connectivity index (χ1) is 10.6. The summed E-state index contributed by atoms with van der Waals surface area (Å²) in [6.45, 7) is 3.72. The second-order valence-corrected chi connectivity index (χ2v) is 7.18. The Bertz CT molecular complexity index is 676. The first-order valence-corrected chi connectivity index (χ1v) is 8.54. The van der Waals surface area contributed by atoms with Crippen LogP contribution in [0.2, 0.25) is 0 Å². The van der Waals surface area contributed by atoms with Gasteiger partial charge in [-0.1, -0.05) is 30.3 Å². The van der Waals surface area contributed by atoms with Crippen LogP contribution in [0.3, 0.4) is 0 Å². The Morgan fingerprint density at radius 1 is 1.32 bits per heavy atom. The topological polar surface area (TPSA) is 52.3 Å². The van der Waals surface area contributed by atoms with Crippen LogP contribution in [0.15, 0.2) is 30.3 Å². The summed E-state index contributed by atoms with van der Waals surface area (Å²) >= 11 is 1.55. The largest absolute Gasteiger partial charge is 0.459 e. The van der Waals surface area contributed by atoms with Gasteiger partial charge in [-0.3, -0.25) is 0 Å². The minimum absolute atomic E-state index is 0.122. The summed E-state index contributed by atoms with van der Waals surface area (Å²) in [7, 11) is 0. The standard InChI is InChI=1S/C18H21NO2S/c1-11(2)21-18(20)16-14-9-8-13(10-15(14)22-17(16)19)12-6-4-3-5-7-12/h3-7,11,13H,8-10,19H2,1-2H3. The highest BCUT2D eigenvalue weighted by Gasteiger charge is 2.29. The van der Waals surface area contributed by atoms with E-state index in [1.807, 2.05) is 19.9 Å². The van der Waals surface area contributed by atoms with E-state index in [2.05, 4.69) is 24.3 Å². The highest BCUT2D eigenvalue weighted by molar-refractivity contribution is 7.16. The summed E-state index contributed by atoms with van der Waals surface area (Å²) in [6.07, 6.45) is 2.78. The van der Waals surface area contributed by atoms with E-state index in [1.165, 1.54) is 10.4 Å². The molecule has 22 heavy (non-hydrogen) atoms. The number of carbonyl (C=O) groups is 1. The Morgan fingerprint density at radius 2 is 2.05 bits per heavy atom. The lowest BCUT2D eigenvalue weighted by atomic mass is 9.83. The fourth-order valence-electron chi connectivity index (χ4n) is 3.11. The summed E-state index contributed by atoms with van der Waals surface area (Å²) < 4.78 is 5.34. The maximum Gasteiger partial charge on any atom is 0.341 e. The van der Waals surface area contributed by atoms with Crippen molar-refractivity contribution < 1.29 is 9.53 Å². The molecule has 0 amide bonds. The van der Waals surface area contributed by atoms with Gasteiger partial charge in [0.15, 0.2) is 0 Å². The lowest BCUT2D eigenvalue weighted by Gasteiger charge is -2.23. The van der Waals surface area contributed by atoms with Crippen LogP contribution < -0.4 is 5.73 Å². The molecular formula is C18H21NO2S. The molecule has 1 aliphatic carbocycles. The molecule has 0 fully saturated rings. The Hall–Kier alpha value is -1.81. The Labute approximate surface area is 135 Å². The van der Waals surface area contributed by atoms with Crippen molar-refractivity contribution in [3.63, 3.8) is 0 Å². The van der Waals surface area contributed by atoms with Crippen LogP contribution in [0.4, 0.5) is 5.00 Å². The van der Waals surface area contributed by atoms with E-state index in [0.717, 1.165) is 24.8 Å². The van der Waals surface area contributed by atoms with Crippen LogP contribution in [0, 0.1) is 0 Å². The number of benzene rings is 1. The molecule has 0 saturated carbocycles. The smallest absolute Gasteiger partial charge is 0.341 e. The molecule has 1 aromatic carbocycles. The summed E-state index contributed by atoms with van der Waals surface area (Å²) in [5.41, 5.74) is 9.19. The van der Waals surface area contributed by atoms with Crippen molar-refractivity contribution in [2.75, 3.05) is 5.73 Å². The van der Waals surface area contributed by atoms with Crippen molar-refractivity contribution >= 4 is 22.3 Å².